The number of nitrogens with two attached hydrogens (primary N) is 1. The van der Waals surface area contributed by atoms with Crippen LogP contribution in [-0.4, -0.2) is 42.0 Å². The normalized spacial score (nSPS) is 23.9. The maximum atomic E-state index is 11.4. The Morgan fingerprint density at radius 2 is 2.25 bits per heavy atom. The van der Waals surface area contributed by atoms with Gasteiger partial charge in [-0.15, -0.1) is 0 Å². The van der Waals surface area contributed by atoms with E-state index in [2.05, 4.69) is 17.1 Å². The molecule has 0 aromatic rings. The summed E-state index contributed by atoms with van der Waals surface area (Å²) < 4.78 is 0. The Labute approximate surface area is 98.6 Å². The minimum Gasteiger partial charge on any atom is -0.368 e. The highest BCUT2D eigenvalue weighted by atomic mass is 16.1. The zero-order valence-electron chi connectivity index (χ0n) is 10.7. The molecule has 94 valence electrons. The lowest BCUT2D eigenvalue weighted by molar-refractivity contribution is -0.120. The van der Waals surface area contributed by atoms with Gasteiger partial charge in [-0.2, -0.15) is 0 Å². The second kappa shape index (κ2) is 6.21. The Kier molecular flexibility index (Phi) is 5.22. The third-order valence-corrected chi connectivity index (χ3v) is 3.27. The molecule has 16 heavy (non-hydrogen) atoms. The van der Waals surface area contributed by atoms with Crippen LogP contribution in [0.3, 0.4) is 0 Å². The minimum absolute atomic E-state index is 0.216. The molecule has 0 aromatic heterocycles. The van der Waals surface area contributed by atoms with Crippen LogP contribution in [0.15, 0.2) is 0 Å². The van der Waals surface area contributed by atoms with Gasteiger partial charge in [0, 0.05) is 18.6 Å². The fourth-order valence-electron chi connectivity index (χ4n) is 2.46. The van der Waals surface area contributed by atoms with Crippen LogP contribution in [0.5, 0.6) is 0 Å². The number of hydrogen-bond donors (Lipinski definition) is 2. The summed E-state index contributed by atoms with van der Waals surface area (Å²) in [6.45, 7) is 8.14. The van der Waals surface area contributed by atoms with E-state index in [-0.39, 0.29) is 11.9 Å². The van der Waals surface area contributed by atoms with Crippen LogP contribution in [0.25, 0.3) is 0 Å². The van der Waals surface area contributed by atoms with E-state index in [1.807, 2.05) is 13.8 Å². The number of nitrogens with zero attached hydrogens (tertiary/aromatic N) is 1. The fraction of sp³-hybridized carbons (Fsp3) is 0.917. The average Bonchev–Trinajstić information content (AvgIpc) is 2.63. The van der Waals surface area contributed by atoms with Gasteiger partial charge in [-0.25, -0.2) is 0 Å². The van der Waals surface area contributed by atoms with E-state index in [1.54, 1.807) is 0 Å². The van der Waals surface area contributed by atoms with E-state index in [0.717, 1.165) is 19.5 Å². The molecule has 0 bridgehead atoms. The Bertz CT molecular complexity index is 230. The first kappa shape index (κ1) is 13.5. The summed E-state index contributed by atoms with van der Waals surface area (Å²) in [7, 11) is 0. The molecule has 3 N–H and O–H groups in total. The van der Waals surface area contributed by atoms with Crippen molar-refractivity contribution in [1.29, 1.82) is 0 Å². The topological polar surface area (TPSA) is 58.4 Å². The number of nitrogens with one attached hydrogen (secondary N) is 1. The third kappa shape index (κ3) is 3.76. The van der Waals surface area contributed by atoms with Gasteiger partial charge in [-0.1, -0.05) is 20.8 Å². The number of rotatable bonds is 6. The second-order valence-electron chi connectivity index (χ2n) is 4.98. The molecule has 1 rings (SSSR count). The number of carbonyl (C=O) groups is 1. The van der Waals surface area contributed by atoms with Crippen LogP contribution in [0.4, 0.5) is 0 Å². The Morgan fingerprint density at radius 1 is 1.56 bits per heavy atom. The summed E-state index contributed by atoms with van der Waals surface area (Å²) in [4.78, 5) is 13.7. The smallest absolute Gasteiger partial charge is 0.235 e. The number of carbonyl (C=O) groups excluding carboxylic acids is 1. The van der Waals surface area contributed by atoms with E-state index >= 15 is 0 Å². The van der Waals surface area contributed by atoms with Gasteiger partial charge in [-0.3, -0.25) is 9.69 Å². The molecule has 2 unspecified atom stereocenters. The van der Waals surface area contributed by atoms with Crippen molar-refractivity contribution in [1.82, 2.24) is 10.2 Å². The van der Waals surface area contributed by atoms with Gasteiger partial charge in [0.25, 0.3) is 0 Å². The van der Waals surface area contributed by atoms with Gasteiger partial charge in [0.15, 0.2) is 0 Å². The predicted molar refractivity (Wildman–Crippen MR) is 66.1 cm³/mol. The molecule has 0 spiro atoms. The molecule has 0 saturated carbocycles. The van der Waals surface area contributed by atoms with Gasteiger partial charge in [-0.05, 0) is 25.8 Å². The van der Waals surface area contributed by atoms with Crippen molar-refractivity contribution in [2.75, 3.05) is 13.1 Å². The second-order valence-corrected chi connectivity index (χ2v) is 4.98. The van der Waals surface area contributed by atoms with Gasteiger partial charge < -0.3 is 11.1 Å². The van der Waals surface area contributed by atoms with E-state index in [0.29, 0.717) is 12.1 Å². The van der Waals surface area contributed by atoms with Gasteiger partial charge in [0.05, 0.1) is 6.04 Å². The predicted octanol–water partition coefficient (Wildman–Crippen LogP) is 0.713. The highest BCUT2D eigenvalue weighted by Crippen LogP contribution is 2.19. The third-order valence-electron chi connectivity index (χ3n) is 3.27. The molecule has 0 aliphatic carbocycles. The zero-order valence-corrected chi connectivity index (χ0v) is 10.7. The quantitative estimate of drug-likeness (QED) is 0.703. The van der Waals surface area contributed by atoms with Gasteiger partial charge >= 0.3 is 0 Å². The summed E-state index contributed by atoms with van der Waals surface area (Å²) in [5.41, 5.74) is 5.42. The lowest BCUT2D eigenvalue weighted by Crippen LogP contribution is -2.52. The van der Waals surface area contributed by atoms with Gasteiger partial charge in [0.2, 0.25) is 5.91 Å². The molecule has 1 saturated heterocycles. The molecule has 1 amide bonds. The molecule has 2 atom stereocenters. The van der Waals surface area contributed by atoms with Crippen molar-refractivity contribution in [3.63, 3.8) is 0 Å². The Hall–Kier alpha value is -0.610. The molecule has 0 radical (unpaired) electrons. The molecule has 4 heteroatoms. The summed E-state index contributed by atoms with van der Waals surface area (Å²) in [5, 5.41) is 3.23. The van der Waals surface area contributed by atoms with Crippen LogP contribution < -0.4 is 11.1 Å². The Balaban J connectivity index is 2.50. The molecule has 1 fully saturated rings. The first-order valence-electron chi connectivity index (χ1n) is 6.34. The zero-order chi connectivity index (χ0) is 12.1. The maximum Gasteiger partial charge on any atom is 0.235 e. The summed E-state index contributed by atoms with van der Waals surface area (Å²) in [6, 6.07) is 0.711. The average molecular weight is 227 g/mol. The van der Waals surface area contributed by atoms with E-state index < -0.39 is 0 Å². The molecular formula is C12H25N3O. The lowest BCUT2D eigenvalue weighted by Gasteiger charge is -2.28. The van der Waals surface area contributed by atoms with Crippen LogP contribution in [-0.2, 0) is 4.79 Å². The monoisotopic (exact) mass is 227 g/mol. The SMILES string of the molecule is CCC1CCCN1CC(NC(C)C)C(N)=O. The number of likely N-dealkylation sites (tertiary alicyclic amines) is 1. The van der Waals surface area contributed by atoms with Crippen LogP contribution in [0.1, 0.15) is 40.0 Å². The van der Waals surface area contributed by atoms with Crippen molar-refractivity contribution < 1.29 is 4.79 Å². The number of primary amides is 1. The molecule has 1 aliphatic rings. The standard InChI is InChI=1S/C12H25N3O/c1-4-10-6-5-7-15(10)8-11(12(13)16)14-9(2)3/h9-11,14H,4-8H2,1-3H3,(H2,13,16). The molecule has 4 nitrogen and oxygen atoms in total. The lowest BCUT2D eigenvalue weighted by atomic mass is 10.1. The number of amides is 1. The first-order valence-corrected chi connectivity index (χ1v) is 6.34. The van der Waals surface area contributed by atoms with Crippen LogP contribution in [0.2, 0.25) is 0 Å². The van der Waals surface area contributed by atoms with Crippen molar-refractivity contribution in [2.45, 2.75) is 58.2 Å². The van der Waals surface area contributed by atoms with E-state index in [1.165, 1.54) is 12.8 Å². The maximum absolute atomic E-state index is 11.4. The minimum atomic E-state index is -0.240. The van der Waals surface area contributed by atoms with Crippen molar-refractivity contribution in [2.24, 2.45) is 5.73 Å². The molecular weight excluding hydrogens is 202 g/mol. The van der Waals surface area contributed by atoms with Crippen LogP contribution in [0, 0.1) is 0 Å². The molecule has 1 aliphatic heterocycles. The van der Waals surface area contributed by atoms with Gasteiger partial charge in [0.1, 0.15) is 0 Å². The molecule has 0 aromatic carbocycles. The van der Waals surface area contributed by atoms with Crippen molar-refractivity contribution in [3.05, 3.63) is 0 Å². The van der Waals surface area contributed by atoms with E-state index in [4.69, 9.17) is 5.73 Å². The Morgan fingerprint density at radius 3 is 2.75 bits per heavy atom. The van der Waals surface area contributed by atoms with Crippen molar-refractivity contribution >= 4 is 5.91 Å². The largest absolute Gasteiger partial charge is 0.368 e. The fourth-order valence-corrected chi connectivity index (χ4v) is 2.46. The highest BCUT2D eigenvalue weighted by molar-refractivity contribution is 5.80. The van der Waals surface area contributed by atoms with E-state index in [9.17, 15) is 4.79 Å². The summed E-state index contributed by atoms with van der Waals surface area (Å²) in [6.07, 6.45) is 3.66. The number of hydrogen-bond acceptors (Lipinski definition) is 3. The first-order chi connectivity index (χ1) is 7.54. The summed E-state index contributed by atoms with van der Waals surface area (Å²) in [5.74, 6) is -0.240. The van der Waals surface area contributed by atoms with Crippen molar-refractivity contribution in [3.8, 4) is 0 Å². The highest BCUT2D eigenvalue weighted by Gasteiger charge is 2.27. The summed E-state index contributed by atoms with van der Waals surface area (Å²) >= 11 is 0. The molecule has 1 heterocycles. The van der Waals surface area contributed by atoms with Crippen LogP contribution >= 0.6 is 0 Å².